The van der Waals surface area contributed by atoms with E-state index in [1.807, 2.05) is 4.90 Å². The molecule has 0 atom stereocenters. The van der Waals surface area contributed by atoms with E-state index >= 15 is 0 Å². The van der Waals surface area contributed by atoms with E-state index in [1.165, 1.54) is 16.8 Å². The third-order valence-electron chi connectivity index (χ3n) is 4.27. The summed E-state index contributed by atoms with van der Waals surface area (Å²) in [4.78, 5) is 9.40. The lowest BCUT2D eigenvalue weighted by atomic mass is 10.1. The standard InChI is InChI=1S/C11H10N6.C7H5FN2/c12-5-8-1-3-15-16-11(8)17-4-2-9-10(6-17)14-7-13-9;8-7-3-1-2-6-4-5-9-10(6)7/h1,3,7H,2,4,6H2,(H,13,14);1-5H. The summed E-state index contributed by atoms with van der Waals surface area (Å²) in [6, 6.07) is 10.4. The summed E-state index contributed by atoms with van der Waals surface area (Å²) in [5, 5.41) is 20.7. The molecular formula is C18H15FN8. The van der Waals surface area contributed by atoms with Crippen LogP contribution in [0.1, 0.15) is 17.0 Å². The van der Waals surface area contributed by atoms with Crippen molar-refractivity contribution in [2.24, 2.45) is 0 Å². The largest absolute Gasteiger partial charge is 0.348 e. The van der Waals surface area contributed by atoms with Crippen LogP contribution in [0.5, 0.6) is 0 Å². The molecule has 4 aromatic rings. The predicted molar refractivity (Wildman–Crippen MR) is 95.2 cm³/mol. The molecule has 27 heavy (non-hydrogen) atoms. The normalized spacial score (nSPS) is 12.8. The monoisotopic (exact) mass is 362 g/mol. The molecule has 0 fully saturated rings. The Bertz CT molecular complexity index is 1110. The van der Waals surface area contributed by atoms with Crippen LogP contribution in [0.4, 0.5) is 10.2 Å². The number of H-pyrrole nitrogens is 1. The van der Waals surface area contributed by atoms with Crippen LogP contribution in [-0.2, 0) is 13.0 Å². The van der Waals surface area contributed by atoms with Gasteiger partial charge in [0.25, 0.3) is 0 Å². The molecule has 0 aliphatic carbocycles. The molecular weight excluding hydrogens is 347 g/mol. The molecule has 5 rings (SSSR count). The smallest absolute Gasteiger partial charge is 0.214 e. The topological polar surface area (TPSA) is 98.8 Å². The van der Waals surface area contributed by atoms with Crippen molar-refractivity contribution in [2.45, 2.75) is 13.0 Å². The van der Waals surface area contributed by atoms with Crippen LogP contribution in [-0.4, -0.2) is 36.3 Å². The van der Waals surface area contributed by atoms with Gasteiger partial charge in [-0.3, -0.25) is 0 Å². The van der Waals surface area contributed by atoms with Gasteiger partial charge in [-0.25, -0.2) is 9.50 Å². The highest BCUT2D eigenvalue weighted by molar-refractivity contribution is 5.53. The average molecular weight is 362 g/mol. The van der Waals surface area contributed by atoms with Crippen LogP contribution in [0.3, 0.4) is 0 Å². The molecule has 1 aliphatic rings. The Labute approximate surface area is 153 Å². The molecule has 0 spiro atoms. The van der Waals surface area contributed by atoms with Gasteiger partial charge in [0, 0.05) is 13.0 Å². The van der Waals surface area contributed by atoms with Gasteiger partial charge in [-0.2, -0.15) is 19.8 Å². The first kappa shape index (κ1) is 16.7. The van der Waals surface area contributed by atoms with E-state index in [9.17, 15) is 4.39 Å². The number of hydrogen-bond acceptors (Lipinski definition) is 6. The number of aromatic amines is 1. The third kappa shape index (κ3) is 3.32. The second kappa shape index (κ2) is 7.21. The zero-order valence-corrected chi connectivity index (χ0v) is 14.2. The number of nitrogens with one attached hydrogen (secondary N) is 1. The van der Waals surface area contributed by atoms with Crippen LogP contribution in [0.2, 0.25) is 0 Å². The molecule has 8 nitrogen and oxygen atoms in total. The summed E-state index contributed by atoms with van der Waals surface area (Å²) in [5.74, 6) is 0.317. The Morgan fingerprint density at radius 3 is 2.96 bits per heavy atom. The first-order chi connectivity index (χ1) is 13.3. The van der Waals surface area contributed by atoms with Crippen LogP contribution in [0.25, 0.3) is 5.52 Å². The summed E-state index contributed by atoms with van der Waals surface area (Å²) in [6.45, 7) is 1.51. The fourth-order valence-electron chi connectivity index (χ4n) is 2.95. The molecule has 0 radical (unpaired) electrons. The molecule has 4 aromatic heterocycles. The maximum absolute atomic E-state index is 12.7. The summed E-state index contributed by atoms with van der Waals surface area (Å²) in [6.07, 6.45) is 5.67. The maximum Gasteiger partial charge on any atom is 0.214 e. The number of halogens is 1. The van der Waals surface area contributed by atoms with Crippen molar-refractivity contribution in [1.29, 1.82) is 5.26 Å². The Hall–Kier alpha value is -3.80. The minimum Gasteiger partial charge on any atom is -0.348 e. The molecule has 5 heterocycles. The zero-order valence-electron chi connectivity index (χ0n) is 14.2. The van der Waals surface area contributed by atoms with Gasteiger partial charge in [0.1, 0.15) is 6.07 Å². The van der Waals surface area contributed by atoms with Crippen LogP contribution < -0.4 is 4.90 Å². The van der Waals surface area contributed by atoms with Gasteiger partial charge in [0.2, 0.25) is 5.95 Å². The second-order valence-electron chi connectivity index (χ2n) is 5.90. The Kier molecular flexibility index (Phi) is 4.45. The number of anilines is 1. The van der Waals surface area contributed by atoms with E-state index in [0.29, 0.717) is 17.9 Å². The quantitative estimate of drug-likeness (QED) is 0.521. The van der Waals surface area contributed by atoms with E-state index in [-0.39, 0.29) is 5.95 Å². The minimum atomic E-state index is -0.331. The van der Waals surface area contributed by atoms with Crippen molar-refractivity contribution < 1.29 is 4.39 Å². The van der Waals surface area contributed by atoms with Crippen molar-refractivity contribution in [3.63, 3.8) is 0 Å². The van der Waals surface area contributed by atoms with Gasteiger partial charge < -0.3 is 9.88 Å². The number of rotatable bonds is 1. The van der Waals surface area contributed by atoms with Gasteiger partial charge in [-0.15, -0.1) is 5.10 Å². The molecule has 0 saturated carbocycles. The van der Waals surface area contributed by atoms with Crippen molar-refractivity contribution in [2.75, 3.05) is 11.4 Å². The van der Waals surface area contributed by atoms with Crippen molar-refractivity contribution >= 4 is 11.3 Å². The minimum absolute atomic E-state index is 0.331. The summed E-state index contributed by atoms with van der Waals surface area (Å²) in [7, 11) is 0. The van der Waals surface area contributed by atoms with Gasteiger partial charge in [-0.05, 0) is 24.3 Å². The number of nitrogens with zero attached hydrogens (tertiary/aromatic N) is 7. The predicted octanol–water partition coefficient (Wildman–Crippen LogP) is 2.11. The highest BCUT2D eigenvalue weighted by atomic mass is 19.1. The zero-order chi connectivity index (χ0) is 18.6. The molecule has 1 N–H and O–H groups in total. The number of hydrogen-bond donors (Lipinski definition) is 1. The van der Waals surface area contributed by atoms with Gasteiger partial charge in [0.05, 0.1) is 47.7 Å². The Morgan fingerprint density at radius 1 is 1.19 bits per heavy atom. The molecule has 0 saturated heterocycles. The number of fused-ring (bicyclic) bond motifs is 2. The first-order valence-corrected chi connectivity index (χ1v) is 8.32. The third-order valence-corrected chi connectivity index (χ3v) is 4.27. The summed E-state index contributed by atoms with van der Waals surface area (Å²) < 4.78 is 14.0. The lowest BCUT2D eigenvalue weighted by molar-refractivity contribution is 0.545. The summed E-state index contributed by atoms with van der Waals surface area (Å²) >= 11 is 0. The fraction of sp³-hybridized carbons (Fsp3) is 0.167. The van der Waals surface area contributed by atoms with E-state index in [2.05, 4.69) is 31.3 Å². The molecule has 1 aliphatic heterocycles. The van der Waals surface area contributed by atoms with Crippen molar-refractivity contribution in [1.82, 2.24) is 29.8 Å². The Morgan fingerprint density at radius 2 is 2.11 bits per heavy atom. The molecule has 9 heteroatoms. The van der Waals surface area contributed by atoms with Gasteiger partial charge >= 0.3 is 0 Å². The highest BCUT2D eigenvalue weighted by Gasteiger charge is 2.21. The number of imidazole rings is 1. The van der Waals surface area contributed by atoms with Crippen LogP contribution in [0.15, 0.2) is 49.1 Å². The number of pyridine rings is 1. The molecule has 0 aromatic carbocycles. The first-order valence-electron chi connectivity index (χ1n) is 8.32. The lowest BCUT2D eigenvalue weighted by Crippen LogP contribution is -2.31. The van der Waals surface area contributed by atoms with E-state index in [4.69, 9.17) is 5.26 Å². The second-order valence-corrected chi connectivity index (χ2v) is 5.90. The average Bonchev–Trinajstić information content (AvgIpc) is 3.37. The molecule has 134 valence electrons. The van der Waals surface area contributed by atoms with E-state index in [1.54, 1.807) is 36.8 Å². The summed E-state index contributed by atoms with van der Waals surface area (Å²) in [5.41, 5.74) is 3.53. The number of aromatic nitrogens is 6. The number of nitriles is 1. The lowest BCUT2D eigenvalue weighted by Gasteiger charge is -2.27. The maximum atomic E-state index is 12.7. The highest BCUT2D eigenvalue weighted by Crippen LogP contribution is 2.22. The fourth-order valence-corrected chi connectivity index (χ4v) is 2.95. The molecule has 0 unspecified atom stereocenters. The van der Waals surface area contributed by atoms with E-state index in [0.717, 1.165) is 29.9 Å². The molecule has 0 amide bonds. The van der Waals surface area contributed by atoms with Crippen LogP contribution in [0, 0.1) is 17.3 Å². The van der Waals surface area contributed by atoms with Gasteiger partial charge in [-0.1, -0.05) is 6.07 Å². The van der Waals surface area contributed by atoms with Gasteiger partial charge in [0.15, 0.2) is 5.82 Å². The SMILES string of the molecule is Fc1cccc2ccnn12.N#Cc1ccnnc1N1CCc2nc[nH]c2C1. The van der Waals surface area contributed by atoms with Crippen LogP contribution >= 0.6 is 0 Å². The van der Waals surface area contributed by atoms with Crippen molar-refractivity contribution in [3.8, 4) is 6.07 Å². The Balaban J connectivity index is 0.000000153. The van der Waals surface area contributed by atoms with Crippen molar-refractivity contribution in [3.05, 3.63) is 72.0 Å². The van der Waals surface area contributed by atoms with E-state index < -0.39 is 0 Å². The molecule has 0 bridgehead atoms.